The molecule has 0 saturated carbocycles. The van der Waals surface area contributed by atoms with Crippen LogP contribution in [0.3, 0.4) is 0 Å². The lowest BCUT2D eigenvalue weighted by molar-refractivity contribution is 0.0734. The van der Waals surface area contributed by atoms with Crippen LogP contribution >= 0.6 is 0 Å². The van der Waals surface area contributed by atoms with Gasteiger partial charge in [-0.25, -0.2) is 4.79 Å². The van der Waals surface area contributed by atoms with Crippen molar-refractivity contribution in [3.8, 4) is 11.5 Å². The Hall–Kier alpha value is -2.82. The van der Waals surface area contributed by atoms with Gasteiger partial charge < -0.3 is 14.7 Å². The van der Waals surface area contributed by atoms with Crippen LogP contribution in [0, 0.1) is 0 Å². The average Bonchev–Trinajstić information content (AvgIpc) is 2.62. The number of nitrogens with zero attached hydrogens (tertiary/aromatic N) is 1. The summed E-state index contributed by atoms with van der Waals surface area (Å²) in [5, 5.41) is 11.9. The predicted molar refractivity (Wildman–Crippen MR) is 92.2 cm³/mol. The van der Waals surface area contributed by atoms with Crippen LogP contribution in [0.4, 0.5) is 0 Å². The minimum atomic E-state index is -0.435. The molecule has 0 aliphatic carbocycles. The molecule has 0 bridgehead atoms. The zero-order chi connectivity index (χ0) is 17.4. The zero-order valence-electron chi connectivity index (χ0n) is 13.9. The predicted octanol–water partition coefficient (Wildman–Crippen LogP) is 4.28. The highest BCUT2D eigenvalue weighted by atomic mass is 16.5. The summed E-state index contributed by atoms with van der Waals surface area (Å²) in [6.07, 6.45) is 2.08. The first-order valence-corrected chi connectivity index (χ1v) is 7.88. The van der Waals surface area contributed by atoms with Crippen LogP contribution in [0.5, 0.6) is 11.5 Å². The van der Waals surface area contributed by atoms with Crippen molar-refractivity contribution in [2.75, 3.05) is 6.61 Å². The topological polar surface area (TPSA) is 68.1 Å². The third kappa shape index (κ3) is 4.84. The second-order valence-corrected chi connectivity index (χ2v) is 5.33. The van der Waals surface area contributed by atoms with Crippen molar-refractivity contribution in [2.24, 2.45) is 5.16 Å². The van der Waals surface area contributed by atoms with Crippen LogP contribution in [0.1, 0.15) is 42.6 Å². The van der Waals surface area contributed by atoms with Gasteiger partial charge in [0.15, 0.2) is 0 Å². The summed E-state index contributed by atoms with van der Waals surface area (Å²) in [6.45, 7) is 4.46. The van der Waals surface area contributed by atoms with Crippen molar-refractivity contribution in [3.05, 3.63) is 59.7 Å². The van der Waals surface area contributed by atoms with Gasteiger partial charge in [0.2, 0.25) is 0 Å². The van der Waals surface area contributed by atoms with E-state index < -0.39 is 5.97 Å². The SMILES string of the molecule is CCCCOc1ccc(C(=O)Oc2ccc(/C(C)=N/O)cc2)cc1. The van der Waals surface area contributed by atoms with Crippen LogP contribution in [0.2, 0.25) is 0 Å². The summed E-state index contributed by atoms with van der Waals surface area (Å²) in [4.78, 5) is 12.1. The number of esters is 1. The molecule has 5 heteroatoms. The van der Waals surface area contributed by atoms with Gasteiger partial charge in [-0.3, -0.25) is 0 Å². The first-order valence-electron chi connectivity index (χ1n) is 7.88. The molecule has 0 heterocycles. The second-order valence-electron chi connectivity index (χ2n) is 5.33. The van der Waals surface area contributed by atoms with Crippen molar-refractivity contribution in [2.45, 2.75) is 26.7 Å². The Labute approximate surface area is 141 Å². The summed E-state index contributed by atoms with van der Waals surface area (Å²) in [5.41, 5.74) is 1.70. The van der Waals surface area contributed by atoms with E-state index in [1.165, 1.54) is 0 Å². The van der Waals surface area contributed by atoms with Gasteiger partial charge >= 0.3 is 5.97 Å². The monoisotopic (exact) mass is 327 g/mol. The third-order valence-corrected chi connectivity index (χ3v) is 3.49. The van der Waals surface area contributed by atoms with Crippen LogP contribution in [-0.2, 0) is 0 Å². The van der Waals surface area contributed by atoms with Gasteiger partial charge in [0.05, 0.1) is 17.9 Å². The molecule has 0 unspecified atom stereocenters. The number of carbonyl (C=O) groups is 1. The van der Waals surface area contributed by atoms with E-state index in [9.17, 15) is 4.79 Å². The van der Waals surface area contributed by atoms with Crippen LogP contribution in [-0.4, -0.2) is 23.5 Å². The fourth-order valence-corrected chi connectivity index (χ4v) is 2.01. The Morgan fingerprint density at radius 2 is 1.58 bits per heavy atom. The largest absolute Gasteiger partial charge is 0.494 e. The number of rotatable bonds is 7. The van der Waals surface area contributed by atoms with Gasteiger partial charge in [-0.1, -0.05) is 18.5 Å². The van der Waals surface area contributed by atoms with E-state index in [1.54, 1.807) is 55.5 Å². The molecule has 24 heavy (non-hydrogen) atoms. The Kier molecular flexibility index (Phi) is 6.37. The number of unbranched alkanes of at least 4 members (excludes halogenated alkanes) is 1. The molecule has 5 nitrogen and oxygen atoms in total. The highest BCUT2D eigenvalue weighted by Gasteiger charge is 2.09. The van der Waals surface area contributed by atoms with Crippen LogP contribution in [0.25, 0.3) is 0 Å². The van der Waals surface area contributed by atoms with Gasteiger partial charge in [0.1, 0.15) is 11.5 Å². The molecule has 0 atom stereocenters. The molecule has 0 radical (unpaired) electrons. The maximum atomic E-state index is 12.1. The lowest BCUT2D eigenvalue weighted by atomic mass is 10.1. The number of benzene rings is 2. The van der Waals surface area contributed by atoms with Gasteiger partial charge in [0.25, 0.3) is 0 Å². The molecule has 0 aliphatic heterocycles. The maximum absolute atomic E-state index is 12.1. The third-order valence-electron chi connectivity index (χ3n) is 3.49. The molecule has 0 fully saturated rings. The van der Waals surface area contributed by atoms with Gasteiger partial charge in [-0.15, -0.1) is 0 Å². The summed E-state index contributed by atoms with van der Waals surface area (Å²) >= 11 is 0. The van der Waals surface area contributed by atoms with E-state index in [-0.39, 0.29) is 0 Å². The van der Waals surface area contributed by atoms with Crippen molar-refractivity contribution < 1.29 is 19.5 Å². The van der Waals surface area contributed by atoms with Crippen molar-refractivity contribution in [3.63, 3.8) is 0 Å². The maximum Gasteiger partial charge on any atom is 0.343 e. The van der Waals surface area contributed by atoms with Gasteiger partial charge in [0, 0.05) is 0 Å². The normalized spacial score (nSPS) is 11.2. The quantitative estimate of drug-likeness (QED) is 0.206. The number of carbonyl (C=O) groups excluding carboxylic acids is 1. The van der Waals surface area contributed by atoms with E-state index >= 15 is 0 Å². The van der Waals surface area contributed by atoms with Crippen molar-refractivity contribution in [1.82, 2.24) is 0 Å². The second kappa shape index (κ2) is 8.72. The lowest BCUT2D eigenvalue weighted by Crippen LogP contribution is -2.08. The Morgan fingerprint density at radius 3 is 2.17 bits per heavy atom. The summed E-state index contributed by atoms with van der Waals surface area (Å²) in [6, 6.07) is 13.6. The Balaban J connectivity index is 1.96. The molecular weight excluding hydrogens is 306 g/mol. The zero-order valence-corrected chi connectivity index (χ0v) is 13.9. The van der Waals surface area contributed by atoms with E-state index in [2.05, 4.69) is 12.1 Å². The highest BCUT2D eigenvalue weighted by molar-refractivity contribution is 5.98. The van der Waals surface area contributed by atoms with E-state index in [1.807, 2.05) is 0 Å². The molecular formula is C19H21NO4. The number of hydrogen-bond donors (Lipinski definition) is 1. The van der Waals surface area contributed by atoms with E-state index in [0.29, 0.717) is 23.6 Å². The molecule has 0 aliphatic rings. The molecule has 126 valence electrons. The summed E-state index contributed by atoms with van der Waals surface area (Å²) in [7, 11) is 0. The Morgan fingerprint density at radius 1 is 1.00 bits per heavy atom. The van der Waals surface area contributed by atoms with E-state index in [4.69, 9.17) is 14.7 Å². The molecule has 2 aromatic rings. The van der Waals surface area contributed by atoms with Crippen molar-refractivity contribution in [1.29, 1.82) is 0 Å². The lowest BCUT2D eigenvalue weighted by Gasteiger charge is -2.07. The van der Waals surface area contributed by atoms with E-state index in [0.717, 1.165) is 24.2 Å². The van der Waals surface area contributed by atoms with Gasteiger partial charge in [-0.2, -0.15) is 0 Å². The first-order chi connectivity index (χ1) is 11.6. The number of hydrogen-bond acceptors (Lipinski definition) is 5. The number of oxime groups is 1. The fraction of sp³-hybridized carbons (Fsp3) is 0.263. The number of ether oxygens (including phenoxy) is 2. The van der Waals surface area contributed by atoms with Crippen LogP contribution in [0.15, 0.2) is 53.7 Å². The fourth-order valence-electron chi connectivity index (χ4n) is 2.01. The molecule has 2 rings (SSSR count). The standard InChI is InChI=1S/C19H21NO4/c1-3-4-13-23-17-9-7-16(8-10-17)19(21)24-18-11-5-15(6-12-18)14(2)20-22/h5-12,22H,3-4,13H2,1-2H3/b20-14+. The van der Waals surface area contributed by atoms with Crippen molar-refractivity contribution >= 4 is 11.7 Å². The molecule has 2 aromatic carbocycles. The first kappa shape index (κ1) is 17.5. The highest BCUT2D eigenvalue weighted by Crippen LogP contribution is 2.17. The molecule has 0 spiro atoms. The average molecular weight is 327 g/mol. The molecule has 1 N–H and O–H groups in total. The molecule has 0 saturated heterocycles. The minimum absolute atomic E-state index is 0.428. The Bertz CT molecular complexity index is 690. The molecule has 0 aromatic heterocycles. The smallest absolute Gasteiger partial charge is 0.343 e. The van der Waals surface area contributed by atoms with Gasteiger partial charge in [-0.05, 0) is 67.4 Å². The molecule has 0 amide bonds. The minimum Gasteiger partial charge on any atom is -0.494 e. The summed E-state index contributed by atoms with van der Waals surface area (Å²) in [5.74, 6) is 0.733. The summed E-state index contributed by atoms with van der Waals surface area (Å²) < 4.78 is 10.9. The van der Waals surface area contributed by atoms with Crippen LogP contribution < -0.4 is 9.47 Å².